The molecule has 8 nitrogen and oxygen atoms in total. The third kappa shape index (κ3) is 7.09. The predicted octanol–water partition coefficient (Wildman–Crippen LogP) is 1.76. The summed E-state index contributed by atoms with van der Waals surface area (Å²) < 4.78 is 10.3. The highest BCUT2D eigenvalue weighted by molar-refractivity contribution is 7.09. The molecular weight excluding hydrogens is 322 g/mol. The average molecular weight is 343 g/mol. The summed E-state index contributed by atoms with van der Waals surface area (Å²) in [4.78, 5) is 37.9. The topological polar surface area (TPSA) is 121 Å². The summed E-state index contributed by atoms with van der Waals surface area (Å²) in [6.45, 7) is 6.77. The van der Waals surface area contributed by atoms with Gasteiger partial charge < -0.3 is 20.5 Å². The van der Waals surface area contributed by atoms with Crippen molar-refractivity contribution in [2.75, 3.05) is 6.54 Å². The van der Waals surface area contributed by atoms with Crippen molar-refractivity contribution >= 4 is 29.3 Å². The number of nitrogens with two attached hydrogens (primary N) is 1. The van der Waals surface area contributed by atoms with Gasteiger partial charge in [0.15, 0.2) is 6.10 Å². The summed E-state index contributed by atoms with van der Waals surface area (Å²) in [5, 5.41) is 4.51. The zero-order valence-electron chi connectivity index (χ0n) is 13.5. The molecule has 9 heteroatoms. The van der Waals surface area contributed by atoms with Gasteiger partial charge in [0.25, 0.3) is 5.91 Å². The number of nitrogens with zero attached hydrogens (tertiary/aromatic N) is 1. The summed E-state index contributed by atoms with van der Waals surface area (Å²) in [7, 11) is 0. The first-order valence-electron chi connectivity index (χ1n) is 6.98. The maximum Gasteiger partial charge on any atom is 0.407 e. The van der Waals surface area contributed by atoms with Gasteiger partial charge in [0.05, 0.1) is 0 Å². The van der Waals surface area contributed by atoms with E-state index in [2.05, 4.69) is 10.3 Å². The number of alkyl carbamates (subject to hydrolysis) is 1. The number of hydrogen-bond donors (Lipinski definition) is 2. The third-order valence-electron chi connectivity index (χ3n) is 2.43. The lowest BCUT2D eigenvalue weighted by atomic mass is 10.2. The number of esters is 1. The van der Waals surface area contributed by atoms with Crippen LogP contribution in [0, 0.1) is 0 Å². The molecule has 0 spiro atoms. The zero-order chi connectivity index (χ0) is 17.6. The van der Waals surface area contributed by atoms with Gasteiger partial charge in [0.1, 0.15) is 16.3 Å². The van der Waals surface area contributed by atoms with Gasteiger partial charge in [-0.15, -0.1) is 11.3 Å². The second-order valence-electron chi connectivity index (χ2n) is 5.75. The zero-order valence-corrected chi connectivity index (χ0v) is 14.4. The number of thiazole rings is 1. The van der Waals surface area contributed by atoms with E-state index in [-0.39, 0.29) is 12.2 Å². The molecule has 1 heterocycles. The van der Waals surface area contributed by atoms with Gasteiger partial charge >= 0.3 is 12.1 Å². The van der Waals surface area contributed by atoms with Crippen LogP contribution in [0.5, 0.6) is 0 Å². The van der Waals surface area contributed by atoms with Gasteiger partial charge in [-0.2, -0.15) is 0 Å². The number of hydrogen-bond acceptors (Lipinski definition) is 7. The van der Waals surface area contributed by atoms with Gasteiger partial charge in [0, 0.05) is 25.3 Å². The lowest BCUT2D eigenvalue weighted by molar-refractivity contribution is -0.147. The maximum atomic E-state index is 11.6. The molecule has 1 atom stereocenters. The van der Waals surface area contributed by atoms with Crippen LogP contribution in [0.4, 0.5) is 4.79 Å². The van der Waals surface area contributed by atoms with Gasteiger partial charge in [-0.05, 0) is 20.8 Å². The molecule has 0 saturated carbocycles. The van der Waals surface area contributed by atoms with E-state index in [0.717, 1.165) is 11.3 Å². The van der Waals surface area contributed by atoms with Crippen molar-refractivity contribution in [3.8, 4) is 0 Å². The Morgan fingerprint density at radius 1 is 1.39 bits per heavy atom. The molecule has 1 aromatic rings. The number of primary amides is 1. The fourth-order valence-corrected chi connectivity index (χ4v) is 2.47. The molecular formula is C14H21N3O5S. The molecule has 0 bridgehead atoms. The molecule has 0 aliphatic rings. The highest BCUT2D eigenvalue weighted by Gasteiger charge is 2.21. The van der Waals surface area contributed by atoms with Gasteiger partial charge in [-0.3, -0.25) is 9.59 Å². The van der Waals surface area contributed by atoms with E-state index in [0.29, 0.717) is 11.4 Å². The maximum absolute atomic E-state index is 11.6. The van der Waals surface area contributed by atoms with Crippen molar-refractivity contribution in [2.45, 2.75) is 45.8 Å². The fourth-order valence-electron chi connectivity index (χ4n) is 1.60. The van der Waals surface area contributed by atoms with Crippen molar-refractivity contribution in [1.82, 2.24) is 10.3 Å². The van der Waals surface area contributed by atoms with Gasteiger partial charge in [-0.1, -0.05) is 0 Å². The highest BCUT2D eigenvalue weighted by Crippen LogP contribution is 2.24. The van der Waals surface area contributed by atoms with Crippen LogP contribution in [-0.4, -0.2) is 35.1 Å². The van der Waals surface area contributed by atoms with E-state index >= 15 is 0 Å². The van der Waals surface area contributed by atoms with Gasteiger partial charge in [-0.25, -0.2) is 9.78 Å². The first kappa shape index (κ1) is 18.9. The van der Waals surface area contributed by atoms with Crippen LogP contribution in [0.25, 0.3) is 0 Å². The van der Waals surface area contributed by atoms with Crippen LogP contribution < -0.4 is 11.1 Å². The monoisotopic (exact) mass is 343 g/mol. The average Bonchev–Trinajstić information content (AvgIpc) is 2.84. The number of ether oxygens (including phenoxy) is 2. The molecule has 0 saturated heterocycles. The molecule has 0 fully saturated rings. The Bertz CT molecular complexity index is 579. The SMILES string of the molecule is CC(=O)OC(CCNC(=O)OC(C)(C)C)c1nc(C(N)=O)cs1. The quantitative estimate of drug-likeness (QED) is 0.759. The van der Waals surface area contributed by atoms with Crippen LogP contribution in [0.1, 0.15) is 55.7 Å². The minimum absolute atomic E-state index is 0.113. The van der Waals surface area contributed by atoms with Crippen LogP contribution in [0.2, 0.25) is 0 Å². The number of nitrogens with one attached hydrogen (secondary N) is 1. The van der Waals surface area contributed by atoms with Crippen molar-refractivity contribution in [2.24, 2.45) is 5.73 Å². The van der Waals surface area contributed by atoms with Crippen molar-refractivity contribution < 1.29 is 23.9 Å². The first-order valence-corrected chi connectivity index (χ1v) is 7.85. The Labute approximate surface area is 138 Å². The van der Waals surface area contributed by atoms with Crippen molar-refractivity contribution in [3.05, 3.63) is 16.1 Å². The molecule has 1 rings (SSSR count). The van der Waals surface area contributed by atoms with Crippen LogP contribution in [-0.2, 0) is 14.3 Å². The van der Waals surface area contributed by atoms with Crippen molar-refractivity contribution in [3.63, 3.8) is 0 Å². The minimum Gasteiger partial charge on any atom is -0.455 e. The molecule has 128 valence electrons. The molecule has 1 aromatic heterocycles. The van der Waals surface area contributed by atoms with Crippen LogP contribution >= 0.6 is 11.3 Å². The summed E-state index contributed by atoms with van der Waals surface area (Å²) in [5.41, 5.74) is 4.67. The molecule has 0 radical (unpaired) electrons. The largest absolute Gasteiger partial charge is 0.455 e. The summed E-state index contributed by atoms with van der Waals surface area (Å²) in [6.07, 6.45) is -0.929. The van der Waals surface area contributed by atoms with E-state index in [9.17, 15) is 14.4 Å². The van der Waals surface area contributed by atoms with Crippen molar-refractivity contribution in [1.29, 1.82) is 0 Å². The van der Waals surface area contributed by atoms with E-state index in [1.807, 2.05) is 0 Å². The Balaban J connectivity index is 2.63. The predicted molar refractivity (Wildman–Crippen MR) is 84.0 cm³/mol. The fraction of sp³-hybridized carbons (Fsp3) is 0.571. The first-order chi connectivity index (χ1) is 10.6. The Hall–Kier alpha value is -2.16. The third-order valence-corrected chi connectivity index (χ3v) is 3.37. The number of aromatic nitrogens is 1. The summed E-state index contributed by atoms with van der Waals surface area (Å²) in [5.74, 6) is -1.14. The molecule has 1 unspecified atom stereocenters. The summed E-state index contributed by atoms with van der Waals surface area (Å²) >= 11 is 1.16. The lowest BCUT2D eigenvalue weighted by Crippen LogP contribution is -2.33. The van der Waals surface area contributed by atoms with E-state index in [4.69, 9.17) is 15.2 Å². The van der Waals surface area contributed by atoms with Crippen LogP contribution in [0.15, 0.2) is 5.38 Å². The number of carbonyl (C=O) groups excluding carboxylic acids is 3. The lowest BCUT2D eigenvalue weighted by Gasteiger charge is -2.20. The molecule has 0 aliphatic heterocycles. The Morgan fingerprint density at radius 2 is 2.04 bits per heavy atom. The second kappa shape index (κ2) is 7.91. The minimum atomic E-state index is -0.666. The molecule has 3 N–H and O–H groups in total. The molecule has 0 aromatic carbocycles. The number of rotatable bonds is 6. The van der Waals surface area contributed by atoms with Gasteiger partial charge in [0.2, 0.25) is 0 Å². The standard InChI is InChI=1S/C14H21N3O5S/c1-8(18)21-10(12-17-9(7-23-12)11(15)19)5-6-16-13(20)22-14(2,3)4/h7,10H,5-6H2,1-4H3,(H2,15,19)(H,16,20). The number of carbonyl (C=O) groups is 3. The highest BCUT2D eigenvalue weighted by atomic mass is 32.1. The smallest absolute Gasteiger partial charge is 0.407 e. The Morgan fingerprint density at radius 3 is 2.52 bits per heavy atom. The van der Waals surface area contributed by atoms with E-state index in [1.54, 1.807) is 20.8 Å². The molecule has 0 aliphatic carbocycles. The second-order valence-corrected chi connectivity index (χ2v) is 6.64. The molecule has 2 amide bonds. The molecule has 23 heavy (non-hydrogen) atoms. The van der Waals surface area contributed by atoms with E-state index < -0.39 is 29.7 Å². The number of amides is 2. The summed E-state index contributed by atoms with van der Waals surface area (Å²) in [6, 6.07) is 0. The normalized spacial score (nSPS) is 12.3. The van der Waals surface area contributed by atoms with E-state index in [1.165, 1.54) is 12.3 Å². The van der Waals surface area contributed by atoms with Crippen LogP contribution in [0.3, 0.4) is 0 Å². The Kier molecular flexibility index (Phi) is 6.49.